The lowest BCUT2D eigenvalue weighted by Gasteiger charge is -2.21. The van der Waals surface area contributed by atoms with E-state index in [1.54, 1.807) is 18.6 Å². The molecule has 0 radical (unpaired) electrons. The first kappa shape index (κ1) is 12.8. The molecule has 0 atom stereocenters. The molecule has 92 valence electrons. The highest BCUT2D eigenvalue weighted by molar-refractivity contribution is 9.10. The Morgan fingerprint density at radius 2 is 2.17 bits per heavy atom. The number of hydrogen-bond acceptors (Lipinski definition) is 3. The Labute approximate surface area is 114 Å². The summed E-state index contributed by atoms with van der Waals surface area (Å²) in [4.78, 5) is 4.13. The molecule has 1 aromatic carbocycles. The second-order valence-electron chi connectivity index (χ2n) is 4.64. The van der Waals surface area contributed by atoms with E-state index in [9.17, 15) is 5.26 Å². The fraction of sp³-hybridized carbons (Fsp3) is 0.231. The summed E-state index contributed by atoms with van der Waals surface area (Å²) < 4.78 is 2.76. The number of benzene rings is 1. The molecule has 0 saturated heterocycles. The molecule has 1 heterocycles. The molecule has 4 nitrogen and oxygen atoms in total. The number of halogens is 1. The summed E-state index contributed by atoms with van der Waals surface area (Å²) in [5.74, 6) is 0. The maximum absolute atomic E-state index is 9.17. The molecule has 0 bridgehead atoms. The predicted octanol–water partition coefficient (Wildman–Crippen LogP) is 2.70. The summed E-state index contributed by atoms with van der Waals surface area (Å²) in [6.45, 7) is 3.81. The van der Waals surface area contributed by atoms with Crippen LogP contribution in [-0.4, -0.2) is 9.55 Å². The second-order valence-corrected chi connectivity index (χ2v) is 5.56. The first-order valence-electron chi connectivity index (χ1n) is 5.45. The van der Waals surface area contributed by atoms with E-state index < -0.39 is 5.54 Å². The van der Waals surface area contributed by atoms with Crippen molar-refractivity contribution in [1.82, 2.24) is 9.55 Å². The summed E-state index contributed by atoms with van der Waals surface area (Å²) >= 11 is 3.41. The average Bonchev–Trinajstić information content (AvgIpc) is 2.77. The number of nitrogens with two attached hydrogens (primary N) is 1. The van der Waals surface area contributed by atoms with Crippen molar-refractivity contribution in [2.45, 2.75) is 19.4 Å². The van der Waals surface area contributed by atoms with Gasteiger partial charge in [0.2, 0.25) is 0 Å². The molecule has 0 amide bonds. The molecule has 0 aliphatic carbocycles. The van der Waals surface area contributed by atoms with Crippen molar-refractivity contribution in [3.8, 4) is 11.8 Å². The van der Waals surface area contributed by atoms with Gasteiger partial charge in [0, 0.05) is 4.47 Å². The maximum Gasteiger partial charge on any atom is 0.101 e. The van der Waals surface area contributed by atoms with Crippen LogP contribution in [0.15, 0.2) is 35.2 Å². The van der Waals surface area contributed by atoms with Crippen LogP contribution in [0.25, 0.3) is 5.69 Å². The van der Waals surface area contributed by atoms with E-state index in [2.05, 4.69) is 27.0 Å². The number of rotatable bonds is 2. The Kier molecular flexibility index (Phi) is 3.24. The van der Waals surface area contributed by atoms with Crippen molar-refractivity contribution in [3.05, 3.63) is 46.5 Å². The van der Waals surface area contributed by atoms with Gasteiger partial charge in [-0.2, -0.15) is 5.26 Å². The van der Waals surface area contributed by atoms with Crippen molar-refractivity contribution in [1.29, 1.82) is 5.26 Å². The normalized spacial score (nSPS) is 11.3. The van der Waals surface area contributed by atoms with Crippen molar-refractivity contribution in [2.75, 3.05) is 0 Å². The highest BCUT2D eigenvalue weighted by atomic mass is 79.9. The van der Waals surface area contributed by atoms with Crippen LogP contribution in [0, 0.1) is 11.3 Å². The topological polar surface area (TPSA) is 67.6 Å². The molecule has 2 rings (SSSR count). The summed E-state index contributed by atoms with van der Waals surface area (Å²) in [7, 11) is 0. The molecule has 0 unspecified atom stereocenters. The summed E-state index contributed by atoms with van der Waals surface area (Å²) in [5, 5.41) is 9.17. The third-order valence-electron chi connectivity index (χ3n) is 2.64. The smallest absolute Gasteiger partial charge is 0.101 e. The van der Waals surface area contributed by atoms with Gasteiger partial charge in [-0.25, -0.2) is 4.98 Å². The number of nitrogens with zero attached hydrogens (tertiary/aromatic N) is 3. The molecule has 1 aromatic heterocycles. The third-order valence-corrected chi connectivity index (χ3v) is 3.13. The van der Waals surface area contributed by atoms with Gasteiger partial charge in [0.1, 0.15) is 6.07 Å². The van der Waals surface area contributed by atoms with Crippen LogP contribution >= 0.6 is 15.9 Å². The van der Waals surface area contributed by atoms with E-state index in [4.69, 9.17) is 5.73 Å². The zero-order valence-electron chi connectivity index (χ0n) is 10.2. The van der Waals surface area contributed by atoms with Crippen molar-refractivity contribution < 1.29 is 0 Å². The standard InChI is InChI=1S/C13H13BrN4/c1-13(2,16)12-7-17-8-18(12)11-5-10(14)4-3-9(11)6-15/h3-5,7-8H,16H2,1-2H3. The van der Waals surface area contributed by atoms with Crippen LogP contribution in [-0.2, 0) is 5.54 Å². The Morgan fingerprint density at radius 3 is 2.78 bits per heavy atom. The first-order chi connectivity index (χ1) is 8.43. The van der Waals surface area contributed by atoms with Gasteiger partial charge in [0.15, 0.2) is 0 Å². The van der Waals surface area contributed by atoms with Crippen molar-refractivity contribution in [3.63, 3.8) is 0 Å². The van der Waals surface area contributed by atoms with E-state index in [1.165, 1.54) is 0 Å². The Bertz CT molecular complexity index is 617. The number of hydrogen-bond donors (Lipinski definition) is 1. The van der Waals surface area contributed by atoms with Crippen molar-refractivity contribution in [2.24, 2.45) is 5.73 Å². The predicted molar refractivity (Wildman–Crippen MR) is 73.2 cm³/mol. The minimum Gasteiger partial charge on any atom is -0.321 e. The monoisotopic (exact) mass is 304 g/mol. The minimum absolute atomic E-state index is 0.522. The highest BCUT2D eigenvalue weighted by Gasteiger charge is 2.21. The number of imidazole rings is 1. The molecule has 0 aliphatic heterocycles. The first-order valence-corrected chi connectivity index (χ1v) is 6.24. The highest BCUT2D eigenvalue weighted by Crippen LogP contribution is 2.25. The molecule has 0 fully saturated rings. The van der Waals surface area contributed by atoms with Crippen LogP contribution in [0.1, 0.15) is 25.1 Å². The Balaban J connectivity index is 2.67. The summed E-state index contributed by atoms with van der Waals surface area (Å²) in [5.41, 5.74) is 7.81. The van der Waals surface area contributed by atoms with Crippen LogP contribution in [0.3, 0.4) is 0 Å². The molecule has 0 spiro atoms. The Hall–Kier alpha value is -1.64. The maximum atomic E-state index is 9.17. The van der Waals surface area contributed by atoms with Gasteiger partial charge >= 0.3 is 0 Å². The van der Waals surface area contributed by atoms with Crippen LogP contribution in [0.2, 0.25) is 0 Å². The van der Waals surface area contributed by atoms with Crippen molar-refractivity contribution >= 4 is 15.9 Å². The zero-order valence-corrected chi connectivity index (χ0v) is 11.8. The number of nitriles is 1. The molecule has 2 N–H and O–H groups in total. The molecule has 5 heteroatoms. The van der Waals surface area contributed by atoms with E-state index >= 15 is 0 Å². The lowest BCUT2D eigenvalue weighted by Crippen LogP contribution is -2.31. The van der Waals surface area contributed by atoms with Gasteiger partial charge < -0.3 is 10.3 Å². The second kappa shape index (κ2) is 4.56. The van der Waals surface area contributed by atoms with Gasteiger partial charge in [-0.3, -0.25) is 0 Å². The lowest BCUT2D eigenvalue weighted by atomic mass is 10.0. The molecular weight excluding hydrogens is 292 g/mol. The SMILES string of the molecule is CC(C)(N)c1cncn1-c1cc(Br)ccc1C#N. The van der Waals surface area contributed by atoms with E-state index in [0.717, 1.165) is 15.9 Å². The fourth-order valence-electron chi connectivity index (χ4n) is 1.76. The van der Waals surface area contributed by atoms with Crippen LogP contribution < -0.4 is 5.73 Å². The molecule has 2 aromatic rings. The quantitative estimate of drug-likeness (QED) is 0.927. The van der Waals surface area contributed by atoms with Gasteiger partial charge in [0.25, 0.3) is 0 Å². The van der Waals surface area contributed by atoms with Gasteiger partial charge in [-0.05, 0) is 32.0 Å². The largest absolute Gasteiger partial charge is 0.321 e. The average molecular weight is 305 g/mol. The molecule has 0 aliphatic rings. The summed E-state index contributed by atoms with van der Waals surface area (Å²) in [6, 6.07) is 7.67. The number of aromatic nitrogens is 2. The fourth-order valence-corrected chi connectivity index (χ4v) is 2.11. The van der Waals surface area contributed by atoms with Gasteiger partial charge in [0.05, 0.1) is 35.0 Å². The minimum atomic E-state index is -0.522. The van der Waals surface area contributed by atoms with E-state index in [1.807, 2.05) is 30.5 Å². The molecule has 18 heavy (non-hydrogen) atoms. The molecular formula is C13H13BrN4. The van der Waals surface area contributed by atoms with Gasteiger partial charge in [-0.15, -0.1) is 0 Å². The third kappa shape index (κ3) is 2.30. The van der Waals surface area contributed by atoms with Crippen LogP contribution in [0.5, 0.6) is 0 Å². The van der Waals surface area contributed by atoms with Crippen LogP contribution in [0.4, 0.5) is 0 Å². The Morgan fingerprint density at radius 1 is 1.44 bits per heavy atom. The van der Waals surface area contributed by atoms with E-state index in [-0.39, 0.29) is 0 Å². The molecule has 0 saturated carbocycles. The zero-order chi connectivity index (χ0) is 13.3. The lowest BCUT2D eigenvalue weighted by molar-refractivity contribution is 0.524. The van der Waals surface area contributed by atoms with Gasteiger partial charge in [-0.1, -0.05) is 15.9 Å². The summed E-state index contributed by atoms with van der Waals surface area (Å²) in [6.07, 6.45) is 3.40. The van der Waals surface area contributed by atoms with E-state index in [0.29, 0.717) is 5.56 Å².